The van der Waals surface area contributed by atoms with Gasteiger partial charge >= 0.3 is 12.0 Å². The second-order valence-electron chi connectivity index (χ2n) is 5.45. The summed E-state index contributed by atoms with van der Waals surface area (Å²) in [4.78, 5) is 33.9. The molecule has 0 aliphatic carbocycles. The third kappa shape index (κ3) is 8.88. The molecule has 122 valence electrons. The zero-order valence-electron chi connectivity index (χ0n) is 13.2. The number of urea groups is 1. The molecule has 0 spiro atoms. The first kappa shape index (κ1) is 19.2. The Kier molecular flexibility index (Phi) is 9.16. The molecule has 0 heterocycles. The van der Waals surface area contributed by atoms with Gasteiger partial charge in [0.15, 0.2) is 0 Å². The molecule has 0 aliphatic rings. The van der Waals surface area contributed by atoms with Gasteiger partial charge in [-0.3, -0.25) is 9.59 Å². The van der Waals surface area contributed by atoms with Gasteiger partial charge in [0.2, 0.25) is 5.91 Å². The van der Waals surface area contributed by atoms with Crippen molar-refractivity contribution in [2.45, 2.75) is 46.6 Å². The summed E-state index contributed by atoms with van der Waals surface area (Å²) in [5.41, 5.74) is 0. The molecule has 0 radical (unpaired) electrons. The van der Waals surface area contributed by atoms with Crippen molar-refractivity contribution in [1.29, 1.82) is 0 Å². The van der Waals surface area contributed by atoms with Gasteiger partial charge in [-0.1, -0.05) is 20.8 Å². The molecular formula is C14H27N3O4. The Morgan fingerprint density at radius 1 is 1.10 bits per heavy atom. The Balaban J connectivity index is 3.90. The molecule has 0 rings (SSSR count). The predicted molar refractivity (Wildman–Crippen MR) is 79.9 cm³/mol. The minimum atomic E-state index is -0.932. The van der Waals surface area contributed by atoms with Crippen LogP contribution in [0.15, 0.2) is 0 Å². The van der Waals surface area contributed by atoms with Crippen LogP contribution in [0.4, 0.5) is 4.79 Å². The van der Waals surface area contributed by atoms with E-state index in [1.54, 1.807) is 13.8 Å². The highest BCUT2D eigenvalue weighted by Crippen LogP contribution is 2.09. The zero-order chi connectivity index (χ0) is 16.4. The number of carboxylic acids is 1. The lowest BCUT2D eigenvalue weighted by molar-refractivity contribution is -0.143. The van der Waals surface area contributed by atoms with Crippen LogP contribution >= 0.6 is 0 Å². The van der Waals surface area contributed by atoms with E-state index in [4.69, 9.17) is 5.11 Å². The predicted octanol–water partition coefficient (Wildman–Crippen LogP) is 0.947. The topological polar surface area (TPSA) is 108 Å². The van der Waals surface area contributed by atoms with Crippen molar-refractivity contribution in [1.82, 2.24) is 16.0 Å². The fraction of sp³-hybridized carbons (Fsp3) is 0.786. The molecule has 0 bridgehead atoms. The first-order valence-corrected chi connectivity index (χ1v) is 7.31. The van der Waals surface area contributed by atoms with Gasteiger partial charge in [0, 0.05) is 25.6 Å². The van der Waals surface area contributed by atoms with Crippen molar-refractivity contribution in [2.24, 2.45) is 11.8 Å². The molecule has 3 amide bonds. The van der Waals surface area contributed by atoms with E-state index in [1.165, 1.54) is 0 Å². The van der Waals surface area contributed by atoms with Crippen molar-refractivity contribution in [2.75, 3.05) is 13.1 Å². The molecule has 0 aliphatic heterocycles. The van der Waals surface area contributed by atoms with Gasteiger partial charge in [-0.15, -0.1) is 0 Å². The molecule has 7 heteroatoms. The molecule has 2 unspecified atom stereocenters. The maximum absolute atomic E-state index is 11.5. The molecule has 2 atom stereocenters. The van der Waals surface area contributed by atoms with Crippen molar-refractivity contribution in [3.05, 3.63) is 0 Å². The lowest BCUT2D eigenvalue weighted by atomic mass is 9.96. The SMILES string of the molecule is CCC(C)NC(=O)CCNC(=O)NCC(C(=O)O)C(C)C. The first-order valence-electron chi connectivity index (χ1n) is 7.31. The number of amides is 3. The van der Waals surface area contributed by atoms with Gasteiger partial charge in [0.05, 0.1) is 5.92 Å². The number of aliphatic carboxylic acids is 1. The Morgan fingerprint density at radius 2 is 1.71 bits per heavy atom. The fourth-order valence-corrected chi connectivity index (χ4v) is 1.61. The van der Waals surface area contributed by atoms with Crippen LogP contribution in [0.25, 0.3) is 0 Å². The Hall–Kier alpha value is -1.79. The van der Waals surface area contributed by atoms with E-state index in [-0.39, 0.29) is 37.4 Å². The van der Waals surface area contributed by atoms with Crippen LogP contribution in [0.3, 0.4) is 0 Å². The molecule has 0 saturated carbocycles. The average Bonchev–Trinajstić information content (AvgIpc) is 2.37. The molecule has 0 aromatic carbocycles. The third-order valence-electron chi connectivity index (χ3n) is 3.26. The second-order valence-corrected chi connectivity index (χ2v) is 5.45. The normalized spacial score (nSPS) is 13.4. The van der Waals surface area contributed by atoms with E-state index in [1.807, 2.05) is 13.8 Å². The summed E-state index contributed by atoms with van der Waals surface area (Å²) in [5.74, 6) is -1.73. The van der Waals surface area contributed by atoms with Crippen LogP contribution in [0.1, 0.15) is 40.5 Å². The monoisotopic (exact) mass is 301 g/mol. The third-order valence-corrected chi connectivity index (χ3v) is 3.26. The lowest BCUT2D eigenvalue weighted by Gasteiger charge is -2.17. The summed E-state index contributed by atoms with van der Waals surface area (Å²) in [6.07, 6.45) is 1.05. The Morgan fingerprint density at radius 3 is 2.19 bits per heavy atom. The minimum absolute atomic E-state index is 0.0656. The highest BCUT2D eigenvalue weighted by atomic mass is 16.4. The molecular weight excluding hydrogens is 274 g/mol. The largest absolute Gasteiger partial charge is 0.481 e. The van der Waals surface area contributed by atoms with E-state index in [0.29, 0.717) is 0 Å². The molecule has 21 heavy (non-hydrogen) atoms. The van der Waals surface area contributed by atoms with Crippen LogP contribution in [0.5, 0.6) is 0 Å². The van der Waals surface area contributed by atoms with Crippen molar-refractivity contribution in [3.8, 4) is 0 Å². The van der Waals surface area contributed by atoms with Crippen LogP contribution < -0.4 is 16.0 Å². The molecule has 0 aromatic heterocycles. The highest BCUT2D eigenvalue weighted by molar-refractivity contribution is 5.78. The molecule has 0 saturated heterocycles. The summed E-state index contributed by atoms with van der Waals surface area (Å²) in [6.45, 7) is 7.75. The second kappa shape index (κ2) is 10.0. The van der Waals surface area contributed by atoms with Gasteiger partial charge in [-0.2, -0.15) is 0 Å². The van der Waals surface area contributed by atoms with Gasteiger partial charge in [0.1, 0.15) is 0 Å². The van der Waals surface area contributed by atoms with Crippen LogP contribution in [0, 0.1) is 11.8 Å². The van der Waals surface area contributed by atoms with Crippen LogP contribution in [0.2, 0.25) is 0 Å². The standard InChI is InChI=1S/C14H27N3O4/c1-5-10(4)17-12(18)6-7-15-14(21)16-8-11(9(2)3)13(19)20/h9-11H,5-8H2,1-4H3,(H,17,18)(H,19,20)(H2,15,16,21). The van der Waals surface area contributed by atoms with Gasteiger partial charge < -0.3 is 21.1 Å². The van der Waals surface area contributed by atoms with Crippen molar-refractivity contribution in [3.63, 3.8) is 0 Å². The summed E-state index contributed by atoms with van der Waals surface area (Å²) in [7, 11) is 0. The minimum Gasteiger partial charge on any atom is -0.481 e. The van der Waals surface area contributed by atoms with E-state index < -0.39 is 17.9 Å². The smallest absolute Gasteiger partial charge is 0.314 e. The summed E-state index contributed by atoms with van der Waals surface area (Å²) >= 11 is 0. The van der Waals surface area contributed by atoms with E-state index in [9.17, 15) is 14.4 Å². The first-order chi connectivity index (χ1) is 9.77. The number of carboxylic acid groups (broad SMARTS) is 1. The number of rotatable bonds is 9. The van der Waals surface area contributed by atoms with Gasteiger partial charge in [0.25, 0.3) is 0 Å². The fourth-order valence-electron chi connectivity index (χ4n) is 1.61. The van der Waals surface area contributed by atoms with Crippen molar-refractivity contribution >= 4 is 17.9 Å². The Bertz CT molecular complexity index is 358. The van der Waals surface area contributed by atoms with E-state index in [0.717, 1.165) is 6.42 Å². The van der Waals surface area contributed by atoms with Crippen molar-refractivity contribution < 1.29 is 19.5 Å². The number of carbonyl (C=O) groups is 3. The number of hydrogen-bond donors (Lipinski definition) is 4. The lowest BCUT2D eigenvalue weighted by Crippen LogP contribution is -2.42. The molecule has 0 aromatic rings. The summed E-state index contributed by atoms with van der Waals surface area (Å²) < 4.78 is 0. The highest BCUT2D eigenvalue weighted by Gasteiger charge is 2.21. The molecule has 4 N–H and O–H groups in total. The van der Waals surface area contributed by atoms with E-state index >= 15 is 0 Å². The Labute approximate surface area is 125 Å². The maximum atomic E-state index is 11.5. The van der Waals surface area contributed by atoms with Gasteiger partial charge in [-0.25, -0.2) is 4.79 Å². The average molecular weight is 301 g/mol. The molecule has 7 nitrogen and oxygen atoms in total. The number of carbonyl (C=O) groups excluding carboxylic acids is 2. The van der Waals surface area contributed by atoms with E-state index in [2.05, 4.69) is 16.0 Å². The summed E-state index contributed by atoms with van der Waals surface area (Å²) in [5, 5.41) is 16.8. The summed E-state index contributed by atoms with van der Waals surface area (Å²) in [6, 6.07) is -0.341. The molecule has 0 fully saturated rings. The quantitative estimate of drug-likeness (QED) is 0.508. The zero-order valence-corrected chi connectivity index (χ0v) is 13.2. The number of hydrogen-bond acceptors (Lipinski definition) is 3. The number of nitrogens with one attached hydrogen (secondary N) is 3. The van der Waals surface area contributed by atoms with Gasteiger partial charge in [-0.05, 0) is 19.3 Å². The maximum Gasteiger partial charge on any atom is 0.314 e. The van der Waals surface area contributed by atoms with Crippen LogP contribution in [-0.2, 0) is 9.59 Å². The van der Waals surface area contributed by atoms with Crippen LogP contribution in [-0.4, -0.2) is 42.1 Å².